The van der Waals surface area contributed by atoms with Gasteiger partial charge in [0.1, 0.15) is 12.1 Å². The fourth-order valence-electron chi connectivity index (χ4n) is 1.85. The zero-order valence-corrected chi connectivity index (χ0v) is 11.9. The fourth-order valence-corrected chi connectivity index (χ4v) is 1.85. The first kappa shape index (κ1) is 16.2. The number of unbranched alkanes of at least 4 members (excludes halogenated alkanes) is 1. The van der Waals surface area contributed by atoms with Gasteiger partial charge in [-0.05, 0) is 18.9 Å². The number of aliphatic carboxylic acids is 1. The number of nitrogens with one attached hydrogen (secondary N) is 1. The summed E-state index contributed by atoms with van der Waals surface area (Å²) in [5.41, 5.74) is 7.61. The molecule has 5 nitrogen and oxygen atoms in total. The highest BCUT2D eigenvalue weighted by atomic mass is 16.4. The third-order valence-electron chi connectivity index (χ3n) is 3.18. The van der Waals surface area contributed by atoms with Crippen molar-refractivity contribution in [3.05, 3.63) is 35.4 Å². The zero-order valence-electron chi connectivity index (χ0n) is 11.9. The molecule has 5 heteroatoms. The number of carboxylic acid groups (broad SMARTS) is 1. The maximum Gasteiger partial charge on any atom is 0.326 e. The van der Waals surface area contributed by atoms with Crippen LogP contribution in [0.15, 0.2) is 24.3 Å². The first-order valence-corrected chi connectivity index (χ1v) is 6.81. The Kier molecular flexibility index (Phi) is 6.18. The summed E-state index contributed by atoms with van der Waals surface area (Å²) in [6.07, 6.45) is 2.04. The Morgan fingerprint density at radius 3 is 2.40 bits per heavy atom. The molecule has 0 heterocycles. The van der Waals surface area contributed by atoms with Crippen molar-refractivity contribution in [3.8, 4) is 0 Å². The van der Waals surface area contributed by atoms with Crippen LogP contribution in [0.3, 0.4) is 0 Å². The Morgan fingerprint density at radius 2 is 1.90 bits per heavy atom. The third kappa shape index (κ3) is 4.66. The summed E-state index contributed by atoms with van der Waals surface area (Å²) in [4.78, 5) is 23.1. The molecule has 1 unspecified atom stereocenters. The normalized spacial score (nSPS) is 13.6. The van der Waals surface area contributed by atoms with Crippen LogP contribution in [0, 0.1) is 6.92 Å². The van der Waals surface area contributed by atoms with E-state index in [1.807, 2.05) is 26.0 Å². The van der Waals surface area contributed by atoms with E-state index in [1.165, 1.54) is 0 Å². The van der Waals surface area contributed by atoms with E-state index in [2.05, 4.69) is 5.32 Å². The molecule has 0 bridgehead atoms. The van der Waals surface area contributed by atoms with Gasteiger partial charge in [0.25, 0.3) is 0 Å². The number of rotatable bonds is 7. The minimum atomic E-state index is -1.03. The highest BCUT2D eigenvalue weighted by Crippen LogP contribution is 2.12. The summed E-state index contributed by atoms with van der Waals surface area (Å²) in [6.45, 7) is 3.92. The number of carbonyl (C=O) groups excluding carboxylic acids is 1. The van der Waals surface area contributed by atoms with Crippen molar-refractivity contribution in [1.29, 1.82) is 0 Å². The quantitative estimate of drug-likeness (QED) is 0.708. The van der Waals surface area contributed by atoms with Crippen molar-refractivity contribution in [1.82, 2.24) is 5.32 Å². The van der Waals surface area contributed by atoms with E-state index < -0.39 is 24.0 Å². The minimum Gasteiger partial charge on any atom is -0.480 e. The monoisotopic (exact) mass is 278 g/mol. The SMILES string of the molecule is CCCC[C@H](NC(=O)C(N)c1ccc(C)cc1)C(=O)O. The number of carbonyl (C=O) groups is 2. The van der Waals surface area contributed by atoms with Crippen LogP contribution >= 0.6 is 0 Å². The van der Waals surface area contributed by atoms with E-state index in [0.29, 0.717) is 12.0 Å². The summed E-state index contributed by atoms with van der Waals surface area (Å²) in [5, 5.41) is 11.6. The smallest absolute Gasteiger partial charge is 0.326 e. The van der Waals surface area contributed by atoms with E-state index in [-0.39, 0.29) is 0 Å². The number of benzene rings is 1. The molecule has 4 N–H and O–H groups in total. The molecule has 0 saturated carbocycles. The Balaban J connectivity index is 2.68. The number of carboxylic acids is 1. The van der Waals surface area contributed by atoms with Gasteiger partial charge in [-0.3, -0.25) is 4.79 Å². The molecule has 1 amide bonds. The van der Waals surface area contributed by atoms with Crippen molar-refractivity contribution in [2.75, 3.05) is 0 Å². The van der Waals surface area contributed by atoms with Crippen molar-refractivity contribution in [2.24, 2.45) is 5.73 Å². The average molecular weight is 278 g/mol. The molecule has 0 aromatic heterocycles. The lowest BCUT2D eigenvalue weighted by Crippen LogP contribution is -2.44. The van der Waals surface area contributed by atoms with E-state index in [9.17, 15) is 9.59 Å². The molecule has 0 spiro atoms. The molecule has 0 aliphatic rings. The van der Waals surface area contributed by atoms with E-state index in [4.69, 9.17) is 10.8 Å². The molecule has 1 aromatic rings. The minimum absolute atomic E-state index is 0.415. The molecule has 0 aliphatic heterocycles. The molecular weight excluding hydrogens is 256 g/mol. The van der Waals surface area contributed by atoms with Gasteiger partial charge in [-0.2, -0.15) is 0 Å². The Morgan fingerprint density at radius 1 is 1.30 bits per heavy atom. The number of hydrogen-bond donors (Lipinski definition) is 3. The second-order valence-electron chi connectivity index (χ2n) is 4.93. The molecule has 20 heavy (non-hydrogen) atoms. The Labute approximate surface area is 119 Å². The average Bonchev–Trinajstić information content (AvgIpc) is 2.42. The molecule has 0 aliphatic carbocycles. The molecule has 110 valence electrons. The van der Waals surface area contributed by atoms with Gasteiger partial charge in [-0.25, -0.2) is 4.79 Å². The molecule has 0 fully saturated rings. The second kappa shape index (κ2) is 7.65. The topological polar surface area (TPSA) is 92.4 Å². The number of nitrogens with two attached hydrogens (primary N) is 1. The predicted octanol–water partition coefficient (Wildman–Crippen LogP) is 1.75. The lowest BCUT2D eigenvalue weighted by Gasteiger charge is -2.18. The van der Waals surface area contributed by atoms with Crippen LogP contribution in [0.25, 0.3) is 0 Å². The first-order chi connectivity index (χ1) is 9.45. The van der Waals surface area contributed by atoms with Gasteiger partial charge in [0.2, 0.25) is 5.91 Å². The molecule has 1 rings (SSSR count). The van der Waals surface area contributed by atoms with Crippen LogP contribution in [-0.2, 0) is 9.59 Å². The molecule has 2 atom stereocenters. The zero-order chi connectivity index (χ0) is 15.1. The van der Waals surface area contributed by atoms with Gasteiger partial charge in [0.05, 0.1) is 0 Å². The third-order valence-corrected chi connectivity index (χ3v) is 3.18. The van der Waals surface area contributed by atoms with E-state index >= 15 is 0 Å². The first-order valence-electron chi connectivity index (χ1n) is 6.81. The second-order valence-corrected chi connectivity index (χ2v) is 4.93. The van der Waals surface area contributed by atoms with Crippen molar-refractivity contribution < 1.29 is 14.7 Å². The van der Waals surface area contributed by atoms with Crippen LogP contribution < -0.4 is 11.1 Å². The largest absolute Gasteiger partial charge is 0.480 e. The van der Waals surface area contributed by atoms with Gasteiger partial charge >= 0.3 is 5.97 Å². The van der Waals surface area contributed by atoms with Crippen molar-refractivity contribution in [3.63, 3.8) is 0 Å². The van der Waals surface area contributed by atoms with Crippen LogP contribution in [0.5, 0.6) is 0 Å². The number of amides is 1. The predicted molar refractivity (Wildman–Crippen MR) is 77.2 cm³/mol. The standard InChI is InChI=1S/C15H22N2O3/c1-3-4-5-12(15(19)20)17-14(18)13(16)11-8-6-10(2)7-9-11/h6-9,12-13H,3-5,16H2,1-2H3,(H,17,18)(H,19,20)/t12-,13?/m0/s1. The van der Waals surface area contributed by atoms with Crippen LogP contribution in [0.2, 0.25) is 0 Å². The van der Waals surface area contributed by atoms with Crippen molar-refractivity contribution in [2.45, 2.75) is 45.2 Å². The summed E-state index contributed by atoms with van der Waals surface area (Å²) in [7, 11) is 0. The summed E-state index contributed by atoms with van der Waals surface area (Å²) in [6, 6.07) is 5.57. The van der Waals surface area contributed by atoms with Crippen molar-refractivity contribution >= 4 is 11.9 Å². The molecule has 0 saturated heterocycles. The number of aryl methyl sites for hydroxylation is 1. The van der Waals surface area contributed by atoms with E-state index in [1.54, 1.807) is 12.1 Å². The van der Waals surface area contributed by atoms with Gasteiger partial charge in [0.15, 0.2) is 0 Å². The van der Waals surface area contributed by atoms with Gasteiger partial charge < -0.3 is 16.2 Å². The fraction of sp³-hybridized carbons (Fsp3) is 0.467. The lowest BCUT2D eigenvalue weighted by molar-refractivity contribution is -0.142. The Hall–Kier alpha value is -1.88. The van der Waals surface area contributed by atoms with Crippen LogP contribution in [-0.4, -0.2) is 23.0 Å². The molecular formula is C15H22N2O3. The van der Waals surface area contributed by atoms with Gasteiger partial charge in [0, 0.05) is 0 Å². The Bertz CT molecular complexity index is 457. The highest BCUT2D eigenvalue weighted by molar-refractivity contribution is 5.87. The van der Waals surface area contributed by atoms with Gasteiger partial charge in [-0.15, -0.1) is 0 Å². The van der Waals surface area contributed by atoms with Crippen LogP contribution in [0.4, 0.5) is 0 Å². The summed E-state index contributed by atoms with van der Waals surface area (Å²) in [5.74, 6) is -1.49. The van der Waals surface area contributed by atoms with E-state index in [0.717, 1.165) is 18.4 Å². The maximum absolute atomic E-state index is 12.0. The summed E-state index contributed by atoms with van der Waals surface area (Å²) < 4.78 is 0. The highest BCUT2D eigenvalue weighted by Gasteiger charge is 2.23. The molecule has 0 radical (unpaired) electrons. The van der Waals surface area contributed by atoms with Gasteiger partial charge in [-0.1, -0.05) is 49.6 Å². The maximum atomic E-state index is 12.0. The lowest BCUT2D eigenvalue weighted by atomic mass is 10.0. The molecule has 1 aromatic carbocycles. The van der Waals surface area contributed by atoms with Crippen LogP contribution in [0.1, 0.15) is 43.4 Å². The summed E-state index contributed by atoms with van der Waals surface area (Å²) >= 11 is 0. The number of hydrogen-bond acceptors (Lipinski definition) is 3.